The number of nitrogens with two attached hydrogens (primary N) is 1. The molecule has 0 saturated carbocycles. The molecule has 0 aliphatic carbocycles. The van der Waals surface area contributed by atoms with Gasteiger partial charge in [-0.2, -0.15) is 4.98 Å². The molecule has 0 unspecified atom stereocenters. The Morgan fingerprint density at radius 3 is 2.64 bits per heavy atom. The SMILES string of the molecule is CCc1ccc(-c2noc(CSc3nnc(COc4cc(C)ccc4C(C)C)n3N)n2)cc1. The average Bonchev–Trinajstić information content (AvgIpc) is 3.43. The third kappa shape index (κ3) is 5.36. The van der Waals surface area contributed by atoms with Crippen LogP contribution in [0.3, 0.4) is 0 Å². The minimum atomic E-state index is 0.228. The zero-order chi connectivity index (χ0) is 23.4. The van der Waals surface area contributed by atoms with Gasteiger partial charge in [-0.15, -0.1) is 10.2 Å². The largest absolute Gasteiger partial charge is 0.485 e. The maximum absolute atomic E-state index is 6.21. The van der Waals surface area contributed by atoms with Gasteiger partial charge in [0, 0.05) is 5.56 Å². The van der Waals surface area contributed by atoms with E-state index in [9.17, 15) is 0 Å². The highest BCUT2D eigenvalue weighted by Crippen LogP contribution is 2.28. The molecule has 0 bridgehead atoms. The molecule has 2 aromatic heterocycles. The Kier molecular flexibility index (Phi) is 6.98. The third-order valence-corrected chi connectivity index (χ3v) is 6.22. The summed E-state index contributed by atoms with van der Waals surface area (Å²) in [7, 11) is 0. The molecular weight excluding hydrogens is 436 g/mol. The van der Waals surface area contributed by atoms with E-state index in [4.69, 9.17) is 15.1 Å². The average molecular weight is 465 g/mol. The standard InChI is InChI=1S/C24H28N6O2S/c1-5-17-7-9-18(10-8-17)23-26-22(32-29-23)14-33-24-28-27-21(30(24)25)13-31-20-12-16(4)6-11-19(20)15(2)3/h6-12,15H,5,13-14,25H2,1-4H3. The first-order valence-corrected chi connectivity index (χ1v) is 11.9. The molecule has 4 rings (SSSR count). The lowest BCUT2D eigenvalue weighted by molar-refractivity contribution is 0.287. The minimum absolute atomic E-state index is 0.228. The Bertz CT molecular complexity index is 1220. The number of nitrogens with zero attached hydrogens (tertiary/aromatic N) is 5. The number of hydrogen-bond acceptors (Lipinski definition) is 8. The van der Waals surface area contributed by atoms with Gasteiger partial charge in [0.25, 0.3) is 0 Å². The quantitative estimate of drug-likeness (QED) is 0.275. The number of hydrogen-bond donors (Lipinski definition) is 1. The summed E-state index contributed by atoms with van der Waals surface area (Å²) >= 11 is 1.38. The van der Waals surface area contributed by atoms with Crippen LogP contribution in [0.1, 0.15) is 55.1 Å². The molecule has 4 aromatic rings. The van der Waals surface area contributed by atoms with Crippen molar-refractivity contribution in [2.75, 3.05) is 5.84 Å². The van der Waals surface area contributed by atoms with E-state index < -0.39 is 0 Å². The third-order valence-electron chi connectivity index (χ3n) is 5.30. The van der Waals surface area contributed by atoms with Crippen molar-refractivity contribution in [2.45, 2.75) is 57.5 Å². The molecule has 0 aliphatic heterocycles. The molecule has 0 aliphatic rings. The number of thioether (sulfide) groups is 1. The van der Waals surface area contributed by atoms with Crippen LogP contribution < -0.4 is 10.6 Å². The molecule has 8 nitrogen and oxygen atoms in total. The highest BCUT2D eigenvalue weighted by atomic mass is 32.2. The lowest BCUT2D eigenvalue weighted by atomic mass is 10.0. The monoisotopic (exact) mass is 464 g/mol. The summed E-state index contributed by atoms with van der Waals surface area (Å²) in [5, 5.41) is 13.0. The molecular formula is C24H28N6O2S. The highest BCUT2D eigenvalue weighted by molar-refractivity contribution is 7.98. The van der Waals surface area contributed by atoms with Crippen LogP contribution in [0.4, 0.5) is 0 Å². The van der Waals surface area contributed by atoms with Crippen molar-refractivity contribution in [1.29, 1.82) is 0 Å². The van der Waals surface area contributed by atoms with Gasteiger partial charge >= 0.3 is 0 Å². The number of rotatable bonds is 9. The molecule has 0 spiro atoms. The van der Waals surface area contributed by atoms with Crippen LogP contribution in [-0.2, 0) is 18.8 Å². The molecule has 0 amide bonds. The summed E-state index contributed by atoms with van der Waals surface area (Å²) in [5.74, 6) is 9.44. The minimum Gasteiger partial charge on any atom is -0.485 e. The van der Waals surface area contributed by atoms with Crippen LogP contribution in [0.25, 0.3) is 11.4 Å². The molecule has 0 saturated heterocycles. The van der Waals surface area contributed by atoms with Crippen LogP contribution in [0.2, 0.25) is 0 Å². The van der Waals surface area contributed by atoms with E-state index in [-0.39, 0.29) is 6.61 Å². The molecule has 9 heteroatoms. The Morgan fingerprint density at radius 2 is 1.91 bits per heavy atom. The van der Waals surface area contributed by atoms with Crippen LogP contribution in [0, 0.1) is 6.92 Å². The highest BCUT2D eigenvalue weighted by Gasteiger charge is 2.15. The first-order chi connectivity index (χ1) is 15.9. The number of aromatic nitrogens is 5. The first kappa shape index (κ1) is 22.8. The number of aryl methyl sites for hydroxylation is 2. The van der Waals surface area contributed by atoms with Gasteiger partial charge in [-0.1, -0.05) is 74.1 Å². The van der Waals surface area contributed by atoms with E-state index in [0.29, 0.717) is 34.4 Å². The fourth-order valence-corrected chi connectivity index (χ4v) is 4.05. The Hall–Kier alpha value is -3.33. The van der Waals surface area contributed by atoms with Crippen molar-refractivity contribution >= 4 is 11.8 Å². The molecule has 2 heterocycles. The Labute approximate surface area is 197 Å². The van der Waals surface area contributed by atoms with Gasteiger partial charge in [-0.3, -0.25) is 0 Å². The van der Waals surface area contributed by atoms with Crippen molar-refractivity contribution < 1.29 is 9.26 Å². The number of ether oxygens (including phenoxy) is 1. The van der Waals surface area contributed by atoms with Gasteiger partial charge in [0.1, 0.15) is 12.4 Å². The maximum atomic E-state index is 6.21. The van der Waals surface area contributed by atoms with Crippen molar-refractivity contribution in [2.24, 2.45) is 0 Å². The summed E-state index contributed by atoms with van der Waals surface area (Å²) in [6.45, 7) is 8.67. The van der Waals surface area contributed by atoms with Gasteiger partial charge in [0.15, 0.2) is 5.82 Å². The van der Waals surface area contributed by atoms with Gasteiger partial charge < -0.3 is 15.1 Å². The Morgan fingerprint density at radius 1 is 1.12 bits per heavy atom. The van der Waals surface area contributed by atoms with E-state index in [1.54, 1.807) is 0 Å². The number of nitrogen functional groups attached to an aromatic ring is 1. The smallest absolute Gasteiger partial charge is 0.237 e. The zero-order valence-corrected chi connectivity index (χ0v) is 20.1. The number of benzene rings is 2. The molecule has 0 fully saturated rings. The molecule has 172 valence electrons. The fourth-order valence-electron chi connectivity index (χ4n) is 3.34. The second-order valence-corrected chi connectivity index (χ2v) is 9.05. The molecule has 33 heavy (non-hydrogen) atoms. The summed E-state index contributed by atoms with van der Waals surface area (Å²) in [4.78, 5) is 4.48. The van der Waals surface area contributed by atoms with Crippen LogP contribution >= 0.6 is 11.8 Å². The van der Waals surface area contributed by atoms with Crippen molar-refractivity contribution in [3.05, 3.63) is 70.9 Å². The van der Waals surface area contributed by atoms with Gasteiger partial charge in [0.2, 0.25) is 16.9 Å². The van der Waals surface area contributed by atoms with E-state index >= 15 is 0 Å². The zero-order valence-electron chi connectivity index (χ0n) is 19.3. The summed E-state index contributed by atoms with van der Waals surface area (Å²) in [6.07, 6.45) is 0.991. The summed E-state index contributed by atoms with van der Waals surface area (Å²) < 4.78 is 12.9. The molecule has 0 atom stereocenters. The fraction of sp³-hybridized carbons (Fsp3) is 0.333. The maximum Gasteiger partial charge on any atom is 0.237 e. The van der Waals surface area contributed by atoms with Crippen molar-refractivity contribution in [3.8, 4) is 17.1 Å². The second-order valence-electron chi connectivity index (χ2n) is 8.10. The predicted octanol–water partition coefficient (Wildman–Crippen LogP) is 4.91. The van der Waals surface area contributed by atoms with E-state index in [1.165, 1.54) is 22.0 Å². The van der Waals surface area contributed by atoms with E-state index in [2.05, 4.69) is 65.4 Å². The predicted molar refractivity (Wildman–Crippen MR) is 128 cm³/mol. The lowest BCUT2D eigenvalue weighted by Crippen LogP contribution is -2.16. The van der Waals surface area contributed by atoms with Crippen molar-refractivity contribution in [1.82, 2.24) is 25.0 Å². The summed E-state index contributed by atoms with van der Waals surface area (Å²) in [5.41, 5.74) is 4.48. The van der Waals surface area contributed by atoms with Crippen molar-refractivity contribution in [3.63, 3.8) is 0 Å². The topological polar surface area (TPSA) is 105 Å². The van der Waals surface area contributed by atoms with E-state index in [1.807, 2.05) is 25.1 Å². The molecule has 2 aromatic carbocycles. The second kappa shape index (κ2) is 10.1. The normalized spacial score (nSPS) is 11.3. The van der Waals surface area contributed by atoms with Crippen LogP contribution in [0.5, 0.6) is 5.75 Å². The first-order valence-electron chi connectivity index (χ1n) is 10.9. The molecule has 0 radical (unpaired) electrons. The van der Waals surface area contributed by atoms with Gasteiger partial charge in [-0.25, -0.2) is 4.68 Å². The Balaban J connectivity index is 1.38. The van der Waals surface area contributed by atoms with E-state index in [0.717, 1.165) is 28.9 Å². The van der Waals surface area contributed by atoms with Gasteiger partial charge in [-0.05, 0) is 42.0 Å². The summed E-state index contributed by atoms with van der Waals surface area (Å²) in [6, 6.07) is 14.4. The van der Waals surface area contributed by atoms with Crippen LogP contribution in [0.15, 0.2) is 52.1 Å². The molecule has 2 N–H and O–H groups in total. The lowest BCUT2D eigenvalue weighted by Gasteiger charge is -2.14. The van der Waals surface area contributed by atoms with Gasteiger partial charge in [0.05, 0.1) is 5.75 Å². The van der Waals surface area contributed by atoms with Crippen LogP contribution in [-0.4, -0.2) is 25.0 Å².